The van der Waals surface area contributed by atoms with E-state index < -0.39 is 11.9 Å². The molecule has 7 heteroatoms. The molecule has 0 unspecified atom stereocenters. The lowest BCUT2D eigenvalue weighted by atomic mass is 10.0. The molecule has 3 aromatic carbocycles. The smallest absolute Gasteiger partial charge is 0.127 e. The molecule has 32 heavy (non-hydrogen) atoms. The Morgan fingerprint density at radius 2 is 1.59 bits per heavy atom. The van der Waals surface area contributed by atoms with Crippen LogP contribution in [0.4, 0.5) is 0 Å². The number of thiophene rings is 1. The van der Waals surface area contributed by atoms with Gasteiger partial charge >= 0.3 is 0 Å². The minimum absolute atomic E-state index is 0.0997. The number of ether oxygens (including phenoxy) is 1. The van der Waals surface area contributed by atoms with Crippen molar-refractivity contribution >= 4 is 34.9 Å². The maximum absolute atomic E-state index is 11.3. The van der Waals surface area contributed by atoms with Crippen molar-refractivity contribution in [1.29, 1.82) is 0 Å². The zero-order chi connectivity index (χ0) is 22.7. The highest BCUT2D eigenvalue weighted by molar-refractivity contribution is 7.14. The molecular weight excluding hydrogens is 448 g/mol. The molecule has 0 spiro atoms. The molecular formula is C25H15ClO5S-2. The number of hydrogen-bond donors (Lipinski definition) is 0. The van der Waals surface area contributed by atoms with Gasteiger partial charge in [0.25, 0.3) is 0 Å². The van der Waals surface area contributed by atoms with Crippen LogP contribution < -0.4 is 14.9 Å². The Kier molecular flexibility index (Phi) is 6.25. The topological polar surface area (TPSA) is 89.5 Å². The van der Waals surface area contributed by atoms with Gasteiger partial charge in [-0.05, 0) is 58.0 Å². The first kappa shape index (κ1) is 21.6. The molecule has 0 aliphatic carbocycles. The molecule has 0 saturated heterocycles. The number of aromatic carboxylic acids is 2. The molecule has 4 aromatic rings. The van der Waals surface area contributed by atoms with E-state index in [2.05, 4.69) is 0 Å². The zero-order valence-electron chi connectivity index (χ0n) is 16.5. The van der Waals surface area contributed by atoms with Gasteiger partial charge in [-0.25, -0.2) is 0 Å². The molecule has 0 fully saturated rings. The quantitative estimate of drug-likeness (QED) is 0.413. The predicted octanol–water partition coefficient (Wildman–Crippen LogP) is 4.04. The summed E-state index contributed by atoms with van der Waals surface area (Å²) in [7, 11) is 0. The lowest BCUT2D eigenvalue weighted by Crippen LogP contribution is -2.22. The number of carbonyl (C=O) groups excluding carboxylic acids is 2. The number of halogens is 1. The molecule has 0 aliphatic rings. The van der Waals surface area contributed by atoms with E-state index in [1.165, 1.54) is 29.5 Å². The van der Waals surface area contributed by atoms with Crippen LogP contribution in [0, 0.1) is 0 Å². The Labute approximate surface area is 193 Å². The first-order valence-electron chi connectivity index (χ1n) is 9.54. The van der Waals surface area contributed by atoms with Gasteiger partial charge in [0.05, 0.1) is 11.9 Å². The molecule has 0 amide bonds. The maximum Gasteiger partial charge on any atom is 0.127 e. The van der Waals surface area contributed by atoms with Crippen LogP contribution in [0.1, 0.15) is 26.3 Å². The number of carbonyl (C=O) groups is 2. The number of benzene rings is 3. The monoisotopic (exact) mass is 462 g/mol. The Morgan fingerprint density at radius 1 is 0.844 bits per heavy atom. The SMILES string of the molecule is O=C([O-])c1ccc(COc2ccc(Cl)cc2-c2ccsc2-c2cccc(C(=O)[O-])c2)cc1. The van der Waals surface area contributed by atoms with Crippen molar-refractivity contribution in [1.82, 2.24) is 0 Å². The fourth-order valence-electron chi connectivity index (χ4n) is 3.27. The van der Waals surface area contributed by atoms with Crippen LogP contribution in [-0.2, 0) is 6.61 Å². The van der Waals surface area contributed by atoms with Crippen LogP contribution in [0.25, 0.3) is 21.6 Å². The van der Waals surface area contributed by atoms with Crippen molar-refractivity contribution in [3.63, 3.8) is 0 Å². The third kappa shape index (κ3) is 4.66. The van der Waals surface area contributed by atoms with Crippen molar-refractivity contribution in [2.24, 2.45) is 0 Å². The van der Waals surface area contributed by atoms with Crippen molar-refractivity contribution < 1.29 is 24.5 Å². The molecule has 160 valence electrons. The highest BCUT2D eigenvalue weighted by Crippen LogP contribution is 2.42. The van der Waals surface area contributed by atoms with Crippen molar-refractivity contribution in [3.8, 4) is 27.3 Å². The van der Waals surface area contributed by atoms with Gasteiger partial charge in [0.2, 0.25) is 0 Å². The zero-order valence-corrected chi connectivity index (χ0v) is 18.1. The molecule has 0 N–H and O–H groups in total. The standard InChI is InChI=1S/C25H17ClO5S/c26-19-8-9-22(31-14-15-4-6-16(7-5-15)24(27)28)21(13-19)20-10-11-32-23(20)17-2-1-3-18(12-17)25(29)30/h1-13H,14H2,(H,27,28)(H,29,30)/p-2. The molecule has 1 heterocycles. The normalized spacial score (nSPS) is 10.7. The van der Waals surface area contributed by atoms with E-state index in [0.29, 0.717) is 10.8 Å². The third-order valence-electron chi connectivity index (χ3n) is 4.84. The average molecular weight is 463 g/mol. The molecule has 0 radical (unpaired) electrons. The fourth-order valence-corrected chi connectivity index (χ4v) is 4.35. The first-order valence-corrected chi connectivity index (χ1v) is 10.8. The maximum atomic E-state index is 11.3. The van der Waals surface area contributed by atoms with E-state index in [1.54, 1.807) is 42.5 Å². The van der Waals surface area contributed by atoms with Gasteiger partial charge < -0.3 is 24.5 Å². The Morgan fingerprint density at radius 3 is 2.31 bits per heavy atom. The summed E-state index contributed by atoms with van der Waals surface area (Å²) in [4.78, 5) is 23.1. The van der Waals surface area contributed by atoms with Crippen LogP contribution in [-0.4, -0.2) is 11.9 Å². The molecule has 0 atom stereocenters. The van der Waals surface area contributed by atoms with Crippen molar-refractivity contribution in [2.45, 2.75) is 6.61 Å². The van der Waals surface area contributed by atoms with Crippen LogP contribution >= 0.6 is 22.9 Å². The molecule has 0 saturated carbocycles. The number of carboxylic acid groups (broad SMARTS) is 2. The van der Waals surface area contributed by atoms with Gasteiger partial charge in [-0.2, -0.15) is 0 Å². The lowest BCUT2D eigenvalue weighted by Gasteiger charge is -2.14. The second kappa shape index (κ2) is 9.26. The fraction of sp³-hybridized carbons (Fsp3) is 0.0400. The third-order valence-corrected chi connectivity index (χ3v) is 6.04. The Hall–Kier alpha value is -3.61. The van der Waals surface area contributed by atoms with Crippen molar-refractivity contribution in [2.75, 3.05) is 0 Å². The van der Waals surface area contributed by atoms with Gasteiger partial charge in [0.1, 0.15) is 12.4 Å². The number of hydrogen-bond acceptors (Lipinski definition) is 6. The van der Waals surface area contributed by atoms with E-state index >= 15 is 0 Å². The summed E-state index contributed by atoms with van der Waals surface area (Å²) >= 11 is 7.74. The summed E-state index contributed by atoms with van der Waals surface area (Å²) in [6.45, 7) is 0.224. The van der Waals surface area contributed by atoms with Crippen LogP contribution in [0.3, 0.4) is 0 Å². The van der Waals surface area contributed by atoms with Crippen LogP contribution in [0.15, 0.2) is 78.2 Å². The first-order chi connectivity index (χ1) is 15.4. The summed E-state index contributed by atoms with van der Waals surface area (Å²) < 4.78 is 6.03. The van der Waals surface area contributed by atoms with Gasteiger partial charge in [0.15, 0.2) is 0 Å². The summed E-state index contributed by atoms with van der Waals surface area (Å²) in [5.41, 5.74) is 3.37. The summed E-state index contributed by atoms with van der Waals surface area (Å²) in [5.74, 6) is -1.87. The molecule has 5 nitrogen and oxygen atoms in total. The second-order valence-electron chi connectivity index (χ2n) is 6.95. The Balaban J connectivity index is 1.66. The summed E-state index contributed by atoms with van der Waals surface area (Å²) in [5, 5.41) is 24.6. The lowest BCUT2D eigenvalue weighted by molar-refractivity contribution is -0.256. The second-order valence-corrected chi connectivity index (χ2v) is 8.30. The largest absolute Gasteiger partial charge is 0.545 e. The minimum Gasteiger partial charge on any atom is -0.545 e. The average Bonchev–Trinajstić information content (AvgIpc) is 3.28. The molecule has 0 aliphatic heterocycles. The van der Waals surface area contributed by atoms with Crippen molar-refractivity contribution in [3.05, 3.63) is 99.9 Å². The van der Waals surface area contributed by atoms with Gasteiger partial charge in [-0.3, -0.25) is 0 Å². The van der Waals surface area contributed by atoms with Gasteiger partial charge in [-0.15, -0.1) is 11.3 Å². The number of rotatable bonds is 7. The van der Waals surface area contributed by atoms with Crippen LogP contribution in [0.5, 0.6) is 5.75 Å². The van der Waals surface area contributed by atoms with Crippen LogP contribution in [0.2, 0.25) is 5.02 Å². The van der Waals surface area contributed by atoms with E-state index in [9.17, 15) is 19.8 Å². The highest BCUT2D eigenvalue weighted by Gasteiger charge is 2.15. The van der Waals surface area contributed by atoms with Gasteiger partial charge in [-0.1, -0.05) is 54.1 Å². The van der Waals surface area contributed by atoms with E-state index in [4.69, 9.17) is 16.3 Å². The van der Waals surface area contributed by atoms with E-state index in [1.807, 2.05) is 17.5 Å². The summed E-state index contributed by atoms with van der Waals surface area (Å²) in [6, 6.07) is 20.1. The van der Waals surface area contributed by atoms with E-state index in [0.717, 1.165) is 27.1 Å². The molecule has 4 rings (SSSR count). The molecule has 1 aromatic heterocycles. The molecule has 0 bridgehead atoms. The summed E-state index contributed by atoms with van der Waals surface area (Å²) in [6.07, 6.45) is 0. The van der Waals surface area contributed by atoms with E-state index in [-0.39, 0.29) is 17.7 Å². The number of carboxylic acids is 2. The minimum atomic E-state index is -1.23. The highest BCUT2D eigenvalue weighted by atomic mass is 35.5. The predicted molar refractivity (Wildman–Crippen MR) is 120 cm³/mol. The van der Waals surface area contributed by atoms with Gasteiger partial charge in [0, 0.05) is 21.0 Å². The Bertz CT molecular complexity index is 1290.